The van der Waals surface area contributed by atoms with E-state index in [0.717, 1.165) is 59.4 Å². The highest BCUT2D eigenvalue weighted by molar-refractivity contribution is 6.76. The van der Waals surface area contributed by atoms with E-state index in [0.29, 0.717) is 6.04 Å². The summed E-state index contributed by atoms with van der Waals surface area (Å²) in [7, 11) is 0. The molecule has 3 saturated heterocycles. The maximum Gasteiger partial charge on any atom is 0.272 e. The van der Waals surface area contributed by atoms with Crippen molar-refractivity contribution in [3.05, 3.63) is 95.1 Å². The van der Waals surface area contributed by atoms with Crippen molar-refractivity contribution in [2.75, 3.05) is 32.7 Å². The van der Waals surface area contributed by atoms with Gasteiger partial charge in [0.15, 0.2) is 6.29 Å². The molecule has 4 atom stereocenters. The summed E-state index contributed by atoms with van der Waals surface area (Å²) in [4.78, 5) is 17.3. The molecule has 0 bridgehead atoms. The number of carbonyl (C=O) groups excluding carboxylic acids is 1. The van der Waals surface area contributed by atoms with Crippen LogP contribution in [0.25, 0.3) is 11.1 Å². The highest BCUT2D eigenvalue weighted by atomic mass is 35.6. The zero-order valence-electron chi connectivity index (χ0n) is 25.9. The molecule has 3 fully saturated rings. The van der Waals surface area contributed by atoms with Gasteiger partial charge >= 0.3 is 0 Å². The fourth-order valence-corrected chi connectivity index (χ4v) is 7.11. The summed E-state index contributed by atoms with van der Waals surface area (Å²) in [6.45, 7) is 5.82. The Morgan fingerprint density at radius 2 is 1.59 bits per heavy atom. The lowest BCUT2D eigenvalue weighted by molar-refractivity contribution is -0.253. The number of rotatable bonds is 10. The minimum absolute atomic E-state index is 0.00830. The van der Waals surface area contributed by atoms with Crippen LogP contribution in [0.15, 0.2) is 72.8 Å². The lowest BCUT2D eigenvalue weighted by atomic mass is 9.98. The molecule has 2 N–H and O–H groups in total. The summed E-state index contributed by atoms with van der Waals surface area (Å²) < 4.78 is 11.4. The van der Waals surface area contributed by atoms with E-state index in [4.69, 9.17) is 44.3 Å². The number of aliphatic hydroxyl groups excluding tert-OH is 1. The molecule has 1 amide bonds. The number of hydrogen-bond donors (Lipinski definition) is 2. The third-order valence-corrected chi connectivity index (χ3v) is 9.86. The van der Waals surface area contributed by atoms with Crippen molar-refractivity contribution in [3.8, 4) is 11.1 Å². The van der Waals surface area contributed by atoms with E-state index in [1.54, 1.807) is 0 Å². The minimum Gasteiger partial charge on any atom is -0.392 e. The summed E-state index contributed by atoms with van der Waals surface area (Å²) in [5.41, 5.74) is 5.81. The number of benzene rings is 3. The smallest absolute Gasteiger partial charge is 0.272 e. The van der Waals surface area contributed by atoms with Gasteiger partial charge in [0.2, 0.25) is 0 Å². The molecule has 3 aliphatic rings. The van der Waals surface area contributed by atoms with Crippen LogP contribution in [-0.2, 0) is 27.4 Å². The molecule has 0 aromatic heterocycles. The van der Waals surface area contributed by atoms with Gasteiger partial charge in [-0.05, 0) is 85.3 Å². The van der Waals surface area contributed by atoms with Crippen molar-refractivity contribution < 1.29 is 19.4 Å². The van der Waals surface area contributed by atoms with Crippen molar-refractivity contribution in [1.29, 1.82) is 0 Å². The Labute approximate surface area is 286 Å². The van der Waals surface area contributed by atoms with Crippen molar-refractivity contribution in [3.63, 3.8) is 0 Å². The number of aliphatic hydroxyl groups is 1. The largest absolute Gasteiger partial charge is 0.392 e. The first-order valence-corrected chi connectivity index (χ1v) is 17.4. The zero-order valence-corrected chi connectivity index (χ0v) is 28.2. The first-order chi connectivity index (χ1) is 22.2. The van der Waals surface area contributed by atoms with Gasteiger partial charge in [0.1, 0.15) is 0 Å². The molecule has 3 aliphatic heterocycles. The Bertz CT molecular complexity index is 1460. The van der Waals surface area contributed by atoms with Gasteiger partial charge in [-0.15, -0.1) is 0 Å². The van der Waals surface area contributed by atoms with Crippen LogP contribution in [0.4, 0.5) is 0 Å². The molecule has 0 aliphatic carbocycles. The Morgan fingerprint density at radius 1 is 0.848 bits per heavy atom. The summed E-state index contributed by atoms with van der Waals surface area (Å²) >= 11 is 17.1. The van der Waals surface area contributed by atoms with E-state index >= 15 is 0 Å². The third kappa shape index (κ3) is 8.63. The summed E-state index contributed by atoms with van der Waals surface area (Å²) in [6, 6.07) is 24.8. The van der Waals surface area contributed by atoms with E-state index in [9.17, 15) is 9.90 Å². The predicted octanol–water partition coefficient (Wildman–Crippen LogP) is 6.94. The average molecular weight is 687 g/mol. The number of halogens is 3. The van der Waals surface area contributed by atoms with Crippen LogP contribution in [0, 0.1) is 0 Å². The second-order valence-corrected chi connectivity index (χ2v) is 14.9. The normalized spacial score (nSPS) is 24.3. The molecule has 0 radical (unpaired) electrons. The second kappa shape index (κ2) is 15.3. The van der Waals surface area contributed by atoms with Crippen molar-refractivity contribution >= 4 is 40.7 Å². The molecule has 46 heavy (non-hydrogen) atoms. The van der Waals surface area contributed by atoms with Gasteiger partial charge in [-0.2, -0.15) is 0 Å². The molecule has 246 valence electrons. The number of nitrogens with zero attached hydrogens (tertiary/aromatic N) is 2. The zero-order chi connectivity index (χ0) is 32.1. The molecule has 0 unspecified atom stereocenters. The van der Waals surface area contributed by atoms with E-state index in [1.807, 2.05) is 42.5 Å². The van der Waals surface area contributed by atoms with Gasteiger partial charge in [-0.25, -0.2) is 0 Å². The molecule has 3 heterocycles. The van der Waals surface area contributed by atoms with Crippen LogP contribution < -0.4 is 5.32 Å². The summed E-state index contributed by atoms with van der Waals surface area (Å²) in [5, 5.41) is 12.3. The first kappa shape index (κ1) is 33.7. The average Bonchev–Trinajstić information content (AvgIpc) is 3.75. The number of hydrogen-bond acceptors (Lipinski definition) is 6. The van der Waals surface area contributed by atoms with Crippen LogP contribution in [0.5, 0.6) is 0 Å². The summed E-state index contributed by atoms with van der Waals surface area (Å²) in [5.74, 6) is -0.664. The lowest BCUT2D eigenvalue weighted by Gasteiger charge is -2.39. The highest BCUT2D eigenvalue weighted by Crippen LogP contribution is 2.40. The Morgan fingerprint density at radius 3 is 2.33 bits per heavy atom. The van der Waals surface area contributed by atoms with E-state index < -0.39 is 16.0 Å². The standard InChI is InChI=1S/C36H42Cl3N3O4/c37-36(38,39)35(44)40-21-26-6-3-7-28(18-26)29-8-4-9-30(19-29)34-45-32(20-33(46-34)27-13-11-25(24-43)12-14-27)23-42-17-5-10-31(42)22-41-15-1-2-16-41/h3-4,6-9,11-14,18-19,31-34,43H,1-2,5,10,15-17,20-24H2,(H,40,44)/t31-,32-,33+,34+/m0/s1. The van der Waals surface area contributed by atoms with Crippen molar-refractivity contribution in [2.24, 2.45) is 0 Å². The molecule has 3 aromatic rings. The number of nitrogens with one attached hydrogen (secondary N) is 1. The number of carbonyl (C=O) groups is 1. The van der Waals surface area contributed by atoms with Gasteiger partial charge in [0.05, 0.1) is 18.8 Å². The third-order valence-electron chi connectivity index (χ3n) is 9.35. The Hall–Kier alpha value is -2.20. The maximum atomic E-state index is 12.1. The van der Waals surface area contributed by atoms with Crippen LogP contribution in [0.3, 0.4) is 0 Å². The van der Waals surface area contributed by atoms with E-state index in [1.165, 1.54) is 38.8 Å². The van der Waals surface area contributed by atoms with Crippen LogP contribution in [0.2, 0.25) is 0 Å². The first-order valence-electron chi connectivity index (χ1n) is 16.3. The summed E-state index contributed by atoms with van der Waals surface area (Å²) in [6.07, 6.45) is 5.20. The maximum absolute atomic E-state index is 12.1. The van der Waals surface area contributed by atoms with Crippen LogP contribution >= 0.6 is 34.8 Å². The van der Waals surface area contributed by atoms with Gasteiger partial charge in [-0.3, -0.25) is 9.69 Å². The number of likely N-dealkylation sites (tertiary alicyclic amines) is 2. The number of ether oxygens (including phenoxy) is 2. The molecule has 0 saturated carbocycles. The fraction of sp³-hybridized carbons (Fsp3) is 0.472. The van der Waals surface area contributed by atoms with Crippen molar-refractivity contribution in [1.82, 2.24) is 15.1 Å². The molecule has 0 spiro atoms. The molecule has 10 heteroatoms. The van der Waals surface area contributed by atoms with Gasteiger partial charge in [0, 0.05) is 37.7 Å². The highest BCUT2D eigenvalue weighted by Gasteiger charge is 2.36. The van der Waals surface area contributed by atoms with Crippen LogP contribution in [0.1, 0.15) is 66.8 Å². The quantitative estimate of drug-likeness (QED) is 0.225. The lowest BCUT2D eigenvalue weighted by Crippen LogP contribution is -2.45. The number of amides is 1. The van der Waals surface area contributed by atoms with Crippen molar-refractivity contribution in [2.45, 2.75) is 73.6 Å². The Balaban J connectivity index is 1.20. The van der Waals surface area contributed by atoms with E-state index in [-0.39, 0.29) is 25.4 Å². The van der Waals surface area contributed by atoms with Gasteiger partial charge in [-0.1, -0.05) is 95.5 Å². The molecular weight excluding hydrogens is 645 g/mol. The molecule has 6 rings (SSSR count). The fourth-order valence-electron chi connectivity index (χ4n) is 6.91. The molecule has 7 nitrogen and oxygen atoms in total. The Kier molecular flexibility index (Phi) is 11.2. The number of alkyl halides is 3. The molecular formula is C36H42Cl3N3O4. The van der Waals surface area contributed by atoms with Crippen LogP contribution in [-0.4, -0.2) is 69.5 Å². The SMILES string of the molecule is O=C(NCc1cccc(-c2cccc([C@@H]3O[C@H](CN4CCC[C@H]4CN4CCCC4)C[C@H](c4ccc(CO)cc4)O3)c2)c1)C(Cl)(Cl)Cl. The van der Waals surface area contributed by atoms with Gasteiger partial charge in [0.25, 0.3) is 9.70 Å². The topological polar surface area (TPSA) is 74.3 Å². The predicted molar refractivity (Wildman–Crippen MR) is 183 cm³/mol. The second-order valence-electron chi connectivity index (χ2n) is 12.7. The van der Waals surface area contributed by atoms with Gasteiger partial charge < -0.3 is 24.8 Å². The monoisotopic (exact) mass is 685 g/mol. The molecule has 3 aromatic carbocycles. The van der Waals surface area contributed by atoms with E-state index in [2.05, 4.69) is 45.4 Å². The minimum atomic E-state index is -2.01.